The van der Waals surface area contributed by atoms with Crippen molar-refractivity contribution in [2.45, 2.75) is 23.5 Å². The summed E-state index contributed by atoms with van der Waals surface area (Å²) in [7, 11) is 0. The molecule has 0 bridgehead atoms. The monoisotopic (exact) mass is 405 g/mol. The van der Waals surface area contributed by atoms with Gasteiger partial charge in [-0.05, 0) is 36.8 Å². The van der Waals surface area contributed by atoms with E-state index in [1.165, 1.54) is 11.8 Å². The fraction of sp³-hybridized carbons (Fsp3) is 0.208. The molecule has 4 rings (SSSR count). The molecular weight excluding hydrogens is 382 g/mol. The number of anilines is 1. The fourth-order valence-electron chi connectivity index (χ4n) is 3.17. The molecule has 1 heterocycles. The van der Waals surface area contributed by atoms with Crippen molar-refractivity contribution in [3.8, 4) is 22.6 Å². The minimum Gasteiger partial charge on any atom is -0.490 e. The first-order chi connectivity index (χ1) is 14.2. The van der Waals surface area contributed by atoms with Gasteiger partial charge in [0.2, 0.25) is 5.91 Å². The number of hydrogen-bond donors (Lipinski definition) is 1. The molecule has 0 spiro atoms. The smallest absolute Gasteiger partial charge is 0.237 e. The van der Waals surface area contributed by atoms with E-state index in [4.69, 9.17) is 9.47 Å². The van der Waals surface area contributed by atoms with Crippen LogP contribution in [0.4, 0.5) is 5.69 Å². The number of hydrogen-bond acceptors (Lipinski definition) is 4. The lowest BCUT2D eigenvalue weighted by molar-refractivity contribution is -0.115. The largest absolute Gasteiger partial charge is 0.490 e. The van der Waals surface area contributed by atoms with Crippen LogP contribution >= 0.6 is 11.8 Å². The number of para-hydroxylation sites is 1. The Morgan fingerprint density at radius 1 is 0.931 bits per heavy atom. The highest BCUT2D eigenvalue weighted by molar-refractivity contribution is 8.00. The lowest BCUT2D eigenvalue weighted by Gasteiger charge is -2.16. The van der Waals surface area contributed by atoms with Gasteiger partial charge < -0.3 is 14.8 Å². The summed E-state index contributed by atoms with van der Waals surface area (Å²) in [5.41, 5.74) is 2.90. The van der Waals surface area contributed by atoms with Gasteiger partial charge in [-0.2, -0.15) is 0 Å². The van der Waals surface area contributed by atoms with E-state index in [1.54, 1.807) is 0 Å². The molecule has 0 aliphatic carbocycles. The van der Waals surface area contributed by atoms with E-state index in [0.717, 1.165) is 39.6 Å². The molecule has 0 saturated carbocycles. The van der Waals surface area contributed by atoms with E-state index in [-0.39, 0.29) is 11.2 Å². The van der Waals surface area contributed by atoms with Crippen LogP contribution in [0, 0.1) is 0 Å². The van der Waals surface area contributed by atoms with Crippen molar-refractivity contribution in [1.82, 2.24) is 0 Å². The maximum atomic E-state index is 12.9. The van der Waals surface area contributed by atoms with Crippen molar-refractivity contribution in [2.75, 3.05) is 18.5 Å². The van der Waals surface area contributed by atoms with Gasteiger partial charge in [0.1, 0.15) is 0 Å². The zero-order valence-corrected chi connectivity index (χ0v) is 17.1. The van der Waals surface area contributed by atoms with E-state index >= 15 is 0 Å². The Morgan fingerprint density at radius 3 is 2.48 bits per heavy atom. The van der Waals surface area contributed by atoms with Gasteiger partial charge in [-0.3, -0.25) is 4.79 Å². The summed E-state index contributed by atoms with van der Waals surface area (Å²) in [6.45, 7) is 3.22. The van der Waals surface area contributed by atoms with Gasteiger partial charge in [0.05, 0.1) is 18.5 Å². The minimum atomic E-state index is -0.261. The van der Waals surface area contributed by atoms with Crippen molar-refractivity contribution in [3.05, 3.63) is 72.8 Å². The van der Waals surface area contributed by atoms with Crippen molar-refractivity contribution in [1.29, 1.82) is 0 Å². The number of thioether (sulfide) groups is 1. The predicted octanol–water partition coefficient (Wildman–Crippen LogP) is 5.63. The minimum absolute atomic E-state index is 0.0366. The van der Waals surface area contributed by atoms with E-state index in [2.05, 4.69) is 5.32 Å². The van der Waals surface area contributed by atoms with Crippen molar-refractivity contribution >= 4 is 23.4 Å². The standard InChI is InChI=1S/C24H23NO3S/c1-17(29-19-12-13-22-23(16-19)28-15-7-14-27-22)24(26)25-21-11-6-5-10-20(21)18-8-3-2-4-9-18/h2-6,8-13,16-17H,7,14-15H2,1H3,(H,25,26)/t17-/m0/s1. The van der Waals surface area contributed by atoms with Crippen LogP contribution < -0.4 is 14.8 Å². The number of benzene rings is 3. The lowest BCUT2D eigenvalue weighted by atomic mass is 10.0. The number of carbonyl (C=O) groups is 1. The third-order valence-electron chi connectivity index (χ3n) is 4.67. The van der Waals surface area contributed by atoms with Gasteiger partial charge in [-0.1, -0.05) is 48.5 Å². The molecule has 1 atom stereocenters. The average Bonchev–Trinajstić information content (AvgIpc) is 3.00. The summed E-state index contributed by atoms with van der Waals surface area (Å²) in [4.78, 5) is 13.8. The zero-order chi connectivity index (χ0) is 20.1. The predicted molar refractivity (Wildman–Crippen MR) is 118 cm³/mol. The number of nitrogens with one attached hydrogen (secondary N) is 1. The third kappa shape index (κ3) is 4.74. The maximum absolute atomic E-state index is 12.9. The van der Waals surface area contributed by atoms with Gasteiger partial charge in [-0.15, -0.1) is 11.8 Å². The number of ether oxygens (including phenoxy) is 2. The molecule has 0 saturated heterocycles. The van der Waals surface area contributed by atoms with Crippen LogP contribution in [0.25, 0.3) is 11.1 Å². The van der Waals surface area contributed by atoms with Gasteiger partial charge in [0.25, 0.3) is 0 Å². The third-order valence-corrected chi connectivity index (χ3v) is 5.76. The normalized spacial score (nSPS) is 14.0. The molecule has 3 aromatic carbocycles. The van der Waals surface area contributed by atoms with Crippen LogP contribution in [0.1, 0.15) is 13.3 Å². The van der Waals surface area contributed by atoms with Gasteiger partial charge >= 0.3 is 0 Å². The van der Waals surface area contributed by atoms with Crippen molar-refractivity contribution < 1.29 is 14.3 Å². The van der Waals surface area contributed by atoms with Crippen LogP contribution in [0.15, 0.2) is 77.7 Å². The highest BCUT2D eigenvalue weighted by Crippen LogP contribution is 2.36. The first kappa shape index (κ1) is 19.4. The Kier molecular flexibility index (Phi) is 6.06. The quantitative estimate of drug-likeness (QED) is 0.559. The Labute approximate surface area is 175 Å². The van der Waals surface area contributed by atoms with Crippen LogP contribution in [0.5, 0.6) is 11.5 Å². The molecule has 5 heteroatoms. The summed E-state index contributed by atoms with van der Waals surface area (Å²) in [6, 6.07) is 23.8. The fourth-order valence-corrected chi connectivity index (χ4v) is 4.07. The molecule has 148 valence electrons. The second-order valence-electron chi connectivity index (χ2n) is 6.82. The highest BCUT2D eigenvalue weighted by atomic mass is 32.2. The first-order valence-electron chi connectivity index (χ1n) is 9.72. The van der Waals surface area contributed by atoms with Crippen LogP contribution in [-0.4, -0.2) is 24.4 Å². The van der Waals surface area contributed by atoms with E-state index in [9.17, 15) is 4.79 Å². The summed E-state index contributed by atoms with van der Waals surface area (Å²) in [5, 5.41) is 2.83. The summed E-state index contributed by atoms with van der Waals surface area (Å²) >= 11 is 1.50. The van der Waals surface area contributed by atoms with Crippen LogP contribution in [0.2, 0.25) is 0 Å². The molecular formula is C24H23NO3S. The number of carbonyl (C=O) groups excluding carboxylic acids is 1. The number of amides is 1. The van der Waals surface area contributed by atoms with Crippen LogP contribution in [-0.2, 0) is 4.79 Å². The summed E-state index contributed by atoms with van der Waals surface area (Å²) in [5.74, 6) is 1.47. The molecule has 1 amide bonds. The number of fused-ring (bicyclic) bond motifs is 1. The zero-order valence-electron chi connectivity index (χ0n) is 16.3. The second kappa shape index (κ2) is 9.05. The molecule has 1 N–H and O–H groups in total. The molecule has 3 aromatic rings. The molecule has 0 radical (unpaired) electrons. The molecule has 29 heavy (non-hydrogen) atoms. The van der Waals surface area contributed by atoms with Gasteiger partial charge in [0.15, 0.2) is 11.5 Å². The Hall–Kier alpha value is -2.92. The molecule has 0 aromatic heterocycles. The molecule has 1 aliphatic rings. The van der Waals surface area contributed by atoms with Crippen LogP contribution in [0.3, 0.4) is 0 Å². The summed E-state index contributed by atoms with van der Waals surface area (Å²) in [6.07, 6.45) is 0.872. The Bertz CT molecular complexity index is 990. The number of rotatable bonds is 5. The average molecular weight is 406 g/mol. The lowest BCUT2D eigenvalue weighted by Crippen LogP contribution is -2.22. The second-order valence-corrected chi connectivity index (χ2v) is 8.23. The Balaban J connectivity index is 1.47. The SMILES string of the molecule is C[C@H](Sc1ccc2c(c1)OCCCO2)C(=O)Nc1ccccc1-c1ccccc1. The highest BCUT2D eigenvalue weighted by Gasteiger charge is 2.18. The Morgan fingerprint density at radius 2 is 1.66 bits per heavy atom. The maximum Gasteiger partial charge on any atom is 0.237 e. The molecule has 0 unspecified atom stereocenters. The topological polar surface area (TPSA) is 47.6 Å². The van der Waals surface area contributed by atoms with E-state index < -0.39 is 0 Å². The van der Waals surface area contributed by atoms with Gasteiger partial charge in [0, 0.05) is 22.6 Å². The molecule has 4 nitrogen and oxygen atoms in total. The van der Waals surface area contributed by atoms with Crippen molar-refractivity contribution in [2.24, 2.45) is 0 Å². The summed E-state index contributed by atoms with van der Waals surface area (Å²) < 4.78 is 11.4. The first-order valence-corrected chi connectivity index (χ1v) is 10.6. The van der Waals surface area contributed by atoms with Gasteiger partial charge in [-0.25, -0.2) is 0 Å². The molecule has 0 fully saturated rings. The van der Waals surface area contributed by atoms with E-state index in [0.29, 0.717) is 13.2 Å². The van der Waals surface area contributed by atoms with E-state index in [1.807, 2.05) is 79.7 Å². The van der Waals surface area contributed by atoms with Crippen molar-refractivity contribution in [3.63, 3.8) is 0 Å². The molecule has 1 aliphatic heterocycles.